The molecule has 0 spiro atoms. The standard InChI is InChI=1S/C27H29NO2/c1-19-12-15-25(20(2)16-19)27(22-9-4-3-5-10-22)28-26(29)18-30-24-14-13-21-8-6-7-11-23(21)17-24/h3-5,9-10,12-17,27H,6-8,11,18H2,1-2H3,(H,28,29). The second-order valence-corrected chi connectivity index (χ2v) is 8.20. The molecule has 0 aromatic heterocycles. The van der Waals surface area contributed by atoms with Crippen molar-refractivity contribution in [2.45, 2.75) is 45.6 Å². The number of carbonyl (C=O) groups excluding carboxylic acids is 1. The normalized spacial score (nSPS) is 13.9. The largest absolute Gasteiger partial charge is 0.484 e. The molecule has 1 N–H and O–H groups in total. The molecule has 4 rings (SSSR count). The van der Waals surface area contributed by atoms with E-state index in [1.807, 2.05) is 24.3 Å². The van der Waals surface area contributed by atoms with E-state index >= 15 is 0 Å². The first kappa shape index (κ1) is 20.2. The molecule has 154 valence electrons. The van der Waals surface area contributed by atoms with Gasteiger partial charge in [-0.2, -0.15) is 0 Å². The summed E-state index contributed by atoms with van der Waals surface area (Å²) in [6.45, 7) is 4.18. The van der Waals surface area contributed by atoms with Crippen LogP contribution in [0.5, 0.6) is 5.75 Å². The van der Waals surface area contributed by atoms with Crippen LogP contribution in [0.3, 0.4) is 0 Å². The van der Waals surface area contributed by atoms with Gasteiger partial charge in [-0.3, -0.25) is 4.79 Å². The summed E-state index contributed by atoms with van der Waals surface area (Å²) in [5, 5.41) is 3.18. The maximum absolute atomic E-state index is 12.8. The van der Waals surface area contributed by atoms with Gasteiger partial charge in [0, 0.05) is 0 Å². The van der Waals surface area contributed by atoms with Crippen LogP contribution in [0.4, 0.5) is 0 Å². The Balaban J connectivity index is 1.48. The first-order valence-corrected chi connectivity index (χ1v) is 10.8. The van der Waals surface area contributed by atoms with Crippen LogP contribution in [0.1, 0.15) is 52.3 Å². The molecular formula is C27H29NO2. The molecule has 3 aromatic rings. The average molecular weight is 400 g/mol. The quantitative estimate of drug-likeness (QED) is 0.597. The zero-order chi connectivity index (χ0) is 20.9. The van der Waals surface area contributed by atoms with Crippen molar-refractivity contribution < 1.29 is 9.53 Å². The van der Waals surface area contributed by atoms with Crippen LogP contribution >= 0.6 is 0 Å². The SMILES string of the molecule is Cc1ccc(C(NC(=O)COc2ccc3c(c2)CCCC3)c2ccccc2)c(C)c1. The summed E-state index contributed by atoms with van der Waals surface area (Å²) in [4.78, 5) is 12.8. The van der Waals surface area contributed by atoms with Crippen LogP contribution in [0.25, 0.3) is 0 Å². The van der Waals surface area contributed by atoms with Crippen LogP contribution in [-0.4, -0.2) is 12.5 Å². The molecule has 0 saturated heterocycles. The van der Waals surface area contributed by atoms with Gasteiger partial charge in [0.25, 0.3) is 5.91 Å². The average Bonchev–Trinajstić information content (AvgIpc) is 2.77. The molecule has 3 heteroatoms. The minimum Gasteiger partial charge on any atom is -0.484 e. The maximum atomic E-state index is 12.8. The zero-order valence-electron chi connectivity index (χ0n) is 17.8. The third-order valence-electron chi connectivity index (χ3n) is 5.86. The highest BCUT2D eigenvalue weighted by Gasteiger charge is 2.19. The predicted octanol–water partition coefficient (Wildman–Crippen LogP) is 5.47. The lowest BCUT2D eigenvalue weighted by Gasteiger charge is -2.22. The Hall–Kier alpha value is -3.07. The van der Waals surface area contributed by atoms with Crippen LogP contribution in [0, 0.1) is 13.8 Å². The van der Waals surface area contributed by atoms with Crippen LogP contribution in [0.15, 0.2) is 66.7 Å². The van der Waals surface area contributed by atoms with Gasteiger partial charge < -0.3 is 10.1 Å². The molecule has 0 aliphatic heterocycles. The molecule has 1 aliphatic carbocycles. The molecule has 1 aliphatic rings. The number of fused-ring (bicyclic) bond motifs is 1. The van der Waals surface area contributed by atoms with E-state index in [0.717, 1.165) is 29.7 Å². The van der Waals surface area contributed by atoms with E-state index in [2.05, 4.69) is 61.6 Å². The van der Waals surface area contributed by atoms with Crippen molar-refractivity contribution in [1.29, 1.82) is 0 Å². The van der Waals surface area contributed by atoms with Gasteiger partial charge >= 0.3 is 0 Å². The first-order chi connectivity index (χ1) is 14.6. The fraction of sp³-hybridized carbons (Fsp3) is 0.296. The second kappa shape index (κ2) is 9.17. The number of benzene rings is 3. The molecule has 1 amide bonds. The zero-order valence-corrected chi connectivity index (χ0v) is 17.8. The first-order valence-electron chi connectivity index (χ1n) is 10.8. The van der Waals surface area contributed by atoms with E-state index in [1.165, 1.54) is 35.1 Å². The Kier molecular flexibility index (Phi) is 6.18. The summed E-state index contributed by atoms with van der Waals surface area (Å²) in [5.41, 5.74) is 7.32. The monoisotopic (exact) mass is 399 g/mol. The number of ether oxygens (including phenoxy) is 1. The minimum atomic E-state index is -0.202. The molecule has 1 unspecified atom stereocenters. The fourth-order valence-corrected chi connectivity index (χ4v) is 4.29. The lowest BCUT2D eigenvalue weighted by molar-refractivity contribution is -0.123. The van der Waals surface area contributed by atoms with E-state index in [1.54, 1.807) is 0 Å². The Labute approximate surface area is 179 Å². The summed E-state index contributed by atoms with van der Waals surface area (Å²) >= 11 is 0. The van der Waals surface area contributed by atoms with E-state index in [9.17, 15) is 4.79 Å². The third kappa shape index (κ3) is 4.73. The highest BCUT2D eigenvalue weighted by molar-refractivity contribution is 5.78. The molecule has 0 bridgehead atoms. The number of hydrogen-bond donors (Lipinski definition) is 1. The molecular weight excluding hydrogens is 370 g/mol. The number of amides is 1. The number of nitrogens with one attached hydrogen (secondary N) is 1. The number of rotatable bonds is 6. The molecule has 0 radical (unpaired) electrons. The summed E-state index contributed by atoms with van der Waals surface area (Å²) < 4.78 is 5.84. The van der Waals surface area contributed by atoms with E-state index in [0.29, 0.717) is 0 Å². The molecule has 3 nitrogen and oxygen atoms in total. The van der Waals surface area contributed by atoms with Gasteiger partial charge in [0.05, 0.1) is 6.04 Å². The van der Waals surface area contributed by atoms with Crippen molar-refractivity contribution in [3.8, 4) is 5.75 Å². The van der Waals surface area contributed by atoms with Gasteiger partial charge in [-0.25, -0.2) is 0 Å². The smallest absolute Gasteiger partial charge is 0.258 e. The Morgan fingerprint density at radius 2 is 1.70 bits per heavy atom. The van der Waals surface area contributed by atoms with Gasteiger partial charge in [0.15, 0.2) is 6.61 Å². The van der Waals surface area contributed by atoms with Crippen molar-refractivity contribution in [2.75, 3.05) is 6.61 Å². The van der Waals surface area contributed by atoms with Crippen molar-refractivity contribution >= 4 is 5.91 Å². The van der Waals surface area contributed by atoms with Crippen molar-refractivity contribution in [3.63, 3.8) is 0 Å². The molecule has 30 heavy (non-hydrogen) atoms. The van der Waals surface area contributed by atoms with E-state index in [4.69, 9.17) is 4.74 Å². The van der Waals surface area contributed by atoms with Crippen molar-refractivity contribution in [2.24, 2.45) is 0 Å². The molecule has 1 atom stereocenters. The number of aryl methyl sites for hydroxylation is 4. The minimum absolute atomic E-state index is 0.00697. The third-order valence-corrected chi connectivity index (χ3v) is 5.86. The van der Waals surface area contributed by atoms with Gasteiger partial charge in [0.1, 0.15) is 5.75 Å². The Morgan fingerprint density at radius 3 is 2.47 bits per heavy atom. The molecule has 0 fully saturated rings. The number of hydrogen-bond acceptors (Lipinski definition) is 2. The highest BCUT2D eigenvalue weighted by atomic mass is 16.5. The van der Waals surface area contributed by atoms with Gasteiger partial charge in [0.2, 0.25) is 0 Å². The second-order valence-electron chi connectivity index (χ2n) is 8.20. The maximum Gasteiger partial charge on any atom is 0.258 e. The summed E-state index contributed by atoms with van der Waals surface area (Å²) in [5.74, 6) is 0.648. The van der Waals surface area contributed by atoms with Crippen LogP contribution in [0.2, 0.25) is 0 Å². The Morgan fingerprint density at radius 1 is 0.933 bits per heavy atom. The van der Waals surface area contributed by atoms with Gasteiger partial charge in [-0.15, -0.1) is 0 Å². The van der Waals surface area contributed by atoms with Gasteiger partial charge in [-0.1, -0.05) is 60.2 Å². The van der Waals surface area contributed by atoms with Gasteiger partial charge in [-0.05, 0) is 79.5 Å². The summed E-state index contributed by atoms with van der Waals surface area (Å²) in [6, 6.07) is 22.5. The predicted molar refractivity (Wildman–Crippen MR) is 121 cm³/mol. The topological polar surface area (TPSA) is 38.3 Å². The molecule has 0 heterocycles. The lowest BCUT2D eigenvalue weighted by Crippen LogP contribution is -2.33. The summed E-state index contributed by atoms with van der Waals surface area (Å²) in [7, 11) is 0. The Bertz CT molecular complexity index is 1030. The molecule has 0 saturated carbocycles. The summed E-state index contributed by atoms with van der Waals surface area (Å²) in [6.07, 6.45) is 4.73. The fourth-order valence-electron chi connectivity index (χ4n) is 4.29. The van der Waals surface area contributed by atoms with Crippen molar-refractivity contribution in [1.82, 2.24) is 5.32 Å². The van der Waals surface area contributed by atoms with E-state index < -0.39 is 0 Å². The van der Waals surface area contributed by atoms with Crippen LogP contribution < -0.4 is 10.1 Å². The lowest BCUT2D eigenvalue weighted by atomic mass is 9.92. The number of carbonyl (C=O) groups is 1. The highest BCUT2D eigenvalue weighted by Crippen LogP contribution is 2.27. The van der Waals surface area contributed by atoms with E-state index in [-0.39, 0.29) is 18.6 Å². The van der Waals surface area contributed by atoms with Crippen LogP contribution in [-0.2, 0) is 17.6 Å². The molecule has 3 aromatic carbocycles. The van der Waals surface area contributed by atoms with Crippen molar-refractivity contribution in [3.05, 3.63) is 100 Å².